The van der Waals surface area contributed by atoms with Gasteiger partial charge in [-0.25, -0.2) is 5.21 Å². The third-order valence-corrected chi connectivity index (χ3v) is 8.34. The van der Waals surface area contributed by atoms with Crippen molar-refractivity contribution < 1.29 is 65.0 Å². The van der Waals surface area contributed by atoms with Gasteiger partial charge in [0.2, 0.25) is 0 Å². The molecule has 2 aliphatic rings. The fourth-order valence-electron chi connectivity index (χ4n) is 6.15. The van der Waals surface area contributed by atoms with Crippen LogP contribution in [0.25, 0.3) is 0 Å². The van der Waals surface area contributed by atoms with Crippen LogP contribution in [-0.2, 0) is 21.6 Å². The van der Waals surface area contributed by atoms with E-state index in [0.717, 1.165) is 29.8 Å². The molecule has 3 aromatic rings. The molecule has 2 heterocycles. The summed E-state index contributed by atoms with van der Waals surface area (Å²) in [6, 6.07) is 16.7. The van der Waals surface area contributed by atoms with Crippen LogP contribution >= 0.6 is 0 Å². The summed E-state index contributed by atoms with van der Waals surface area (Å²) in [5.41, 5.74) is -0.543. The Morgan fingerprint density at radius 1 is 0.766 bits per heavy atom. The van der Waals surface area contributed by atoms with Crippen molar-refractivity contribution in [3.05, 3.63) is 89.5 Å². The van der Waals surface area contributed by atoms with Crippen LogP contribution in [0.4, 0.5) is 26.3 Å². The summed E-state index contributed by atoms with van der Waals surface area (Å²) in [5, 5.41) is 23.7. The molecule has 256 valence electrons. The molecule has 3 aromatic carbocycles. The van der Waals surface area contributed by atoms with Gasteiger partial charge in [0.1, 0.15) is 55.2 Å². The first-order valence-corrected chi connectivity index (χ1v) is 15.0. The van der Waals surface area contributed by atoms with Gasteiger partial charge in [-0.1, -0.05) is 24.3 Å². The minimum Gasteiger partial charge on any atom is -0.491 e. The lowest BCUT2D eigenvalue weighted by Gasteiger charge is -2.44. The van der Waals surface area contributed by atoms with Crippen LogP contribution in [0, 0.1) is 5.92 Å². The number of piperidine rings is 1. The van der Waals surface area contributed by atoms with Gasteiger partial charge >= 0.3 is 12.7 Å². The molecular weight excluding hydrogens is 636 g/mol. The van der Waals surface area contributed by atoms with Crippen LogP contribution in [0.1, 0.15) is 43.4 Å². The van der Waals surface area contributed by atoms with Crippen LogP contribution in [0.5, 0.6) is 17.2 Å². The smallest absolute Gasteiger partial charge is 0.491 e. The maximum atomic E-state index is 12.7. The van der Waals surface area contributed by atoms with E-state index in [-0.39, 0.29) is 54.4 Å². The topological polar surface area (TPSA) is 86.6 Å². The van der Waals surface area contributed by atoms with Crippen LogP contribution in [-0.4, -0.2) is 65.9 Å². The second kappa shape index (κ2) is 13.2. The second-order valence-electron chi connectivity index (χ2n) is 12.3. The zero-order chi connectivity index (χ0) is 34.1. The van der Waals surface area contributed by atoms with Crippen LogP contribution < -0.4 is 14.2 Å². The quantitative estimate of drug-likeness (QED) is 0.176. The van der Waals surface area contributed by atoms with E-state index in [1.165, 1.54) is 24.3 Å². The van der Waals surface area contributed by atoms with Crippen molar-refractivity contribution in [2.75, 3.05) is 26.3 Å². The summed E-state index contributed by atoms with van der Waals surface area (Å²) >= 11 is 0. The van der Waals surface area contributed by atoms with Gasteiger partial charge in [0.25, 0.3) is 0 Å². The Morgan fingerprint density at radius 3 is 1.66 bits per heavy atom. The number of halogens is 6. The Kier molecular flexibility index (Phi) is 9.73. The molecule has 0 bridgehead atoms. The Bertz CT molecular complexity index is 1410. The molecule has 2 N–H and O–H groups in total. The van der Waals surface area contributed by atoms with E-state index in [0.29, 0.717) is 19.0 Å². The van der Waals surface area contributed by atoms with Gasteiger partial charge in [0.05, 0.1) is 6.61 Å². The monoisotopic (exact) mass is 672 g/mol. The second-order valence-corrected chi connectivity index (χ2v) is 12.3. The van der Waals surface area contributed by atoms with E-state index in [9.17, 15) is 36.7 Å². The van der Waals surface area contributed by atoms with E-state index < -0.39 is 41.5 Å². The third kappa shape index (κ3) is 9.08. The summed E-state index contributed by atoms with van der Waals surface area (Å²) in [6.07, 6.45) is -9.44. The predicted molar refractivity (Wildman–Crippen MR) is 154 cm³/mol. The summed E-state index contributed by atoms with van der Waals surface area (Å²) in [7, 11) is 0. The van der Waals surface area contributed by atoms with Gasteiger partial charge < -0.3 is 28.8 Å². The number of hydroxylamine groups is 3. The van der Waals surface area contributed by atoms with E-state index in [4.69, 9.17) is 14.2 Å². The molecule has 0 saturated carbocycles. The number of hydrogen-bond donors (Lipinski definition) is 2. The molecule has 47 heavy (non-hydrogen) atoms. The molecular formula is C33H36F6NO7+. The van der Waals surface area contributed by atoms with Crippen molar-refractivity contribution >= 4 is 0 Å². The molecule has 1 atom stereocenters. The van der Waals surface area contributed by atoms with Gasteiger partial charge in [0, 0.05) is 24.3 Å². The highest BCUT2D eigenvalue weighted by molar-refractivity contribution is 5.42. The SMILES string of the molecule is CC1(C)OCC(COc2ccc(C[N+]3(O)CCC(C(O)(c4ccc(OC(F)(F)F)cc4)c4ccc(OC(F)(F)F)cc4)CC3)cc2)O1. The summed E-state index contributed by atoms with van der Waals surface area (Å²) in [6.45, 7) is 5.15. The largest absolute Gasteiger partial charge is 0.573 e. The molecule has 0 amide bonds. The van der Waals surface area contributed by atoms with Gasteiger partial charge in [0.15, 0.2) is 5.79 Å². The molecule has 2 aliphatic heterocycles. The van der Waals surface area contributed by atoms with E-state index >= 15 is 0 Å². The first-order valence-electron chi connectivity index (χ1n) is 15.0. The number of ether oxygens (including phenoxy) is 5. The Balaban J connectivity index is 1.28. The fraction of sp³-hybridized carbons (Fsp3) is 0.455. The van der Waals surface area contributed by atoms with Crippen molar-refractivity contribution in [1.82, 2.24) is 0 Å². The molecule has 2 fully saturated rings. The first-order chi connectivity index (χ1) is 21.9. The van der Waals surface area contributed by atoms with Crippen LogP contribution in [0.2, 0.25) is 0 Å². The van der Waals surface area contributed by atoms with Crippen molar-refractivity contribution in [3.63, 3.8) is 0 Å². The van der Waals surface area contributed by atoms with Crippen molar-refractivity contribution in [2.24, 2.45) is 5.92 Å². The number of alkyl halides is 6. The van der Waals surface area contributed by atoms with Gasteiger partial charge in [-0.3, -0.25) is 0 Å². The first kappa shape index (κ1) is 34.8. The van der Waals surface area contributed by atoms with Crippen molar-refractivity contribution in [1.29, 1.82) is 0 Å². The Labute approximate surface area is 267 Å². The molecule has 0 aliphatic carbocycles. The summed E-state index contributed by atoms with van der Waals surface area (Å²) in [5.74, 6) is -1.55. The minimum absolute atomic E-state index is 0.187. The minimum atomic E-state index is -4.91. The van der Waals surface area contributed by atoms with E-state index in [1.54, 1.807) is 12.1 Å². The van der Waals surface area contributed by atoms with Crippen molar-refractivity contribution in [3.8, 4) is 17.2 Å². The molecule has 1 unspecified atom stereocenters. The molecule has 0 radical (unpaired) electrons. The third-order valence-electron chi connectivity index (χ3n) is 8.34. The zero-order valence-electron chi connectivity index (χ0n) is 25.7. The highest BCUT2D eigenvalue weighted by atomic mass is 19.4. The van der Waals surface area contributed by atoms with Crippen LogP contribution in [0.15, 0.2) is 72.8 Å². The lowest BCUT2D eigenvalue weighted by molar-refractivity contribution is -1.12. The molecule has 5 rings (SSSR count). The van der Waals surface area contributed by atoms with Crippen molar-refractivity contribution in [2.45, 2.75) is 63.5 Å². The van der Waals surface area contributed by atoms with Gasteiger partial charge in [-0.15, -0.1) is 26.3 Å². The Hall–Kier alpha value is -3.56. The molecule has 14 heteroatoms. The highest BCUT2D eigenvalue weighted by Gasteiger charge is 2.46. The average molecular weight is 673 g/mol. The maximum Gasteiger partial charge on any atom is 0.573 e. The fourth-order valence-corrected chi connectivity index (χ4v) is 6.15. The lowest BCUT2D eigenvalue weighted by atomic mass is 9.72. The number of quaternary nitrogens is 1. The number of nitrogens with zero attached hydrogens (tertiary/aromatic N) is 1. The molecule has 0 aromatic heterocycles. The number of aliphatic hydroxyl groups is 1. The highest BCUT2D eigenvalue weighted by Crippen LogP contribution is 2.44. The molecule has 2 saturated heterocycles. The zero-order valence-corrected chi connectivity index (χ0v) is 25.7. The van der Waals surface area contributed by atoms with Gasteiger partial charge in [-0.2, -0.15) is 4.65 Å². The van der Waals surface area contributed by atoms with Gasteiger partial charge in [-0.05, 0) is 73.5 Å². The average Bonchev–Trinajstić information content (AvgIpc) is 3.34. The normalized spacial score (nSPS) is 23.4. The standard InChI is InChI=1S/C33H36F6NO7/c1-30(2)44-21-29(45-30)20-43-26-9-3-22(4-10-26)19-40(42)17-15-25(16-18-40)31(41,23-5-11-27(12-6-23)46-32(34,35)36)24-7-13-28(14-8-24)47-33(37,38)39/h3-14,25,29,41-42H,15-21H2,1-2H3/q+1. The molecule has 8 nitrogen and oxygen atoms in total. The van der Waals surface area contributed by atoms with E-state index in [1.807, 2.05) is 26.0 Å². The summed E-state index contributed by atoms with van der Waals surface area (Å²) in [4.78, 5) is 0. The molecule has 0 spiro atoms. The lowest BCUT2D eigenvalue weighted by Crippen LogP contribution is -2.53. The number of likely N-dealkylation sites (tertiary alicyclic amines) is 1. The van der Waals surface area contributed by atoms with E-state index in [2.05, 4.69) is 9.47 Å². The predicted octanol–water partition coefficient (Wildman–Crippen LogP) is 7.07. The number of hydrogen-bond acceptors (Lipinski definition) is 7. The number of rotatable bonds is 10. The summed E-state index contributed by atoms with van der Waals surface area (Å²) < 4.78 is 101. The number of benzene rings is 3. The Morgan fingerprint density at radius 2 is 1.23 bits per heavy atom. The maximum absolute atomic E-state index is 12.7. The van der Waals surface area contributed by atoms with Crippen LogP contribution in [0.3, 0.4) is 0 Å².